The molecule has 0 spiro atoms. The summed E-state index contributed by atoms with van der Waals surface area (Å²) in [6.45, 7) is 2.36. The van der Waals surface area contributed by atoms with Gasteiger partial charge in [-0.1, -0.05) is 43.3 Å². The van der Waals surface area contributed by atoms with Gasteiger partial charge in [0.05, 0.1) is 19.3 Å². The number of nitrogens with zero attached hydrogens (tertiary/aromatic N) is 2. The standard InChI is InChI=1S/C24H26F2N4O2/c1-3-15-4-8-17(9-5-15)20-12-21(22(25)26)30-23(29-20)19(14-28-30)24(31)27-13-16-6-10-18(32-2)11-7-16/h4-11,14,20-22,29H,3,12-13H2,1-2H3,(H,27,31). The maximum absolute atomic E-state index is 13.8. The Morgan fingerprint density at radius 3 is 2.50 bits per heavy atom. The molecule has 0 radical (unpaired) electrons. The number of carbonyl (C=O) groups excluding carboxylic acids is 1. The van der Waals surface area contributed by atoms with Gasteiger partial charge in [0.15, 0.2) is 0 Å². The van der Waals surface area contributed by atoms with Crippen molar-refractivity contribution in [1.82, 2.24) is 15.1 Å². The van der Waals surface area contributed by atoms with E-state index in [1.807, 2.05) is 48.5 Å². The van der Waals surface area contributed by atoms with Gasteiger partial charge in [0.1, 0.15) is 23.2 Å². The van der Waals surface area contributed by atoms with Gasteiger partial charge in [0, 0.05) is 6.54 Å². The molecular formula is C24H26F2N4O2. The van der Waals surface area contributed by atoms with E-state index in [1.54, 1.807) is 7.11 Å². The minimum atomic E-state index is -2.59. The van der Waals surface area contributed by atoms with Crippen LogP contribution in [0.3, 0.4) is 0 Å². The predicted molar refractivity (Wildman–Crippen MR) is 118 cm³/mol. The molecule has 1 aliphatic heterocycles. The Hall–Kier alpha value is -3.42. The summed E-state index contributed by atoms with van der Waals surface area (Å²) in [6, 6.07) is 13.8. The number of hydrogen-bond acceptors (Lipinski definition) is 4. The summed E-state index contributed by atoms with van der Waals surface area (Å²) in [4.78, 5) is 12.9. The maximum atomic E-state index is 13.8. The van der Waals surface area contributed by atoms with E-state index in [2.05, 4.69) is 22.7 Å². The van der Waals surface area contributed by atoms with E-state index < -0.39 is 12.5 Å². The fourth-order valence-electron chi connectivity index (χ4n) is 3.92. The third-order valence-corrected chi connectivity index (χ3v) is 5.84. The zero-order valence-corrected chi connectivity index (χ0v) is 18.0. The molecule has 0 fully saturated rings. The van der Waals surface area contributed by atoms with Crippen LogP contribution in [0.25, 0.3) is 0 Å². The van der Waals surface area contributed by atoms with E-state index in [-0.39, 0.29) is 23.9 Å². The molecule has 8 heteroatoms. The van der Waals surface area contributed by atoms with Crippen LogP contribution < -0.4 is 15.4 Å². The van der Waals surface area contributed by atoms with Crippen molar-refractivity contribution in [2.75, 3.05) is 12.4 Å². The lowest BCUT2D eigenvalue weighted by Crippen LogP contribution is -2.32. The number of nitrogens with one attached hydrogen (secondary N) is 2. The molecule has 0 aliphatic carbocycles. The fourth-order valence-corrected chi connectivity index (χ4v) is 3.92. The normalized spacial score (nSPS) is 17.5. The number of methoxy groups -OCH3 is 1. The van der Waals surface area contributed by atoms with E-state index in [0.717, 1.165) is 23.3 Å². The highest BCUT2D eigenvalue weighted by atomic mass is 19.3. The molecule has 1 aliphatic rings. The summed E-state index contributed by atoms with van der Waals surface area (Å²) in [5.74, 6) is 0.675. The van der Waals surface area contributed by atoms with Gasteiger partial charge >= 0.3 is 0 Å². The molecule has 1 amide bonds. The summed E-state index contributed by atoms with van der Waals surface area (Å²) in [7, 11) is 1.59. The zero-order chi connectivity index (χ0) is 22.7. The molecule has 2 atom stereocenters. The second kappa shape index (κ2) is 9.38. The van der Waals surface area contributed by atoms with Crippen LogP contribution in [0.1, 0.15) is 52.5 Å². The smallest absolute Gasteiger partial charge is 0.260 e. The highest BCUT2D eigenvalue weighted by molar-refractivity contribution is 5.98. The molecule has 0 saturated heterocycles. The number of amides is 1. The van der Waals surface area contributed by atoms with Gasteiger partial charge in [-0.3, -0.25) is 4.79 Å². The molecule has 4 rings (SSSR count). The van der Waals surface area contributed by atoms with Crippen molar-refractivity contribution in [2.24, 2.45) is 0 Å². The minimum Gasteiger partial charge on any atom is -0.497 e. The number of halogens is 2. The fraction of sp³-hybridized carbons (Fsp3) is 0.333. The molecule has 0 saturated carbocycles. The molecule has 2 N–H and O–H groups in total. The molecule has 2 aromatic carbocycles. The number of aryl methyl sites for hydroxylation is 1. The number of aromatic nitrogens is 2. The molecular weight excluding hydrogens is 414 g/mol. The lowest BCUT2D eigenvalue weighted by Gasteiger charge is -2.32. The SMILES string of the molecule is CCc1ccc(C2CC(C(F)F)n3ncc(C(=O)NCc4ccc(OC)cc4)c3N2)cc1. The Kier molecular flexibility index (Phi) is 6.39. The van der Waals surface area contributed by atoms with E-state index in [4.69, 9.17) is 4.74 Å². The Bertz CT molecular complexity index is 1060. The number of fused-ring (bicyclic) bond motifs is 1. The predicted octanol–water partition coefficient (Wildman–Crippen LogP) is 4.75. The van der Waals surface area contributed by atoms with Crippen LogP contribution in [0, 0.1) is 0 Å². The zero-order valence-electron chi connectivity index (χ0n) is 18.0. The topological polar surface area (TPSA) is 68.2 Å². The molecule has 2 unspecified atom stereocenters. The van der Waals surface area contributed by atoms with E-state index in [0.29, 0.717) is 12.4 Å². The lowest BCUT2D eigenvalue weighted by atomic mass is 9.96. The van der Waals surface area contributed by atoms with Crippen LogP contribution in [-0.2, 0) is 13.0 Å². The third-order valence-electron chi connectivity index (χ3n) is 5.84. The summed E-state index contributed by atoms with van der Waals surface area (Å²) in [6.07, 6.45) is -0.152. The van der Waals surface area contributed by atoms with Crippen LogP contribution in [0.2, 0.25) is 0 Å². The first-order chi connectivity index (χ1) is 15.5. The first-order valence-corrected chi connectivity index (χ1v) is 10.6. The van der Waals surface area contributed by atoms with Crippen LogP contribution in [0.15, 0.2) is 54.7 Å². The van der Waals surface area contributed by atoms with Gasteiger partial charge in [0.2, 0.25) is 0 Å². The third kappa shape index (κ3) is 4.44. The van der Waals surface area contributed by atoms with Gasteiger partial charge in [-0.15, -0.1) is 0 Å². The van der Waals surface area contributed by atoms with Gasteiger partial charge < -0.3 is 15.4 Å². The first-order valence-electron chi connectivity index (χ1n) is 10.6. The second-order valence-corrected chi connectivity index (χ2v) is 7.81. The summed E-state index contributed by atoms with van der Waals surface area (Å²) in [5, 5.41) is 10.2. The number of alkyl halides is 2. The number of anilines is 1. The lowest BCUT2D eigenvalue weighted by molar-refractivity contribution is 0.0656. The summed E-state index contributed by atoms with van der Waals surface area (Å²) in [5.41, 5.74) is 3.23. The quantitative estimate of drug-likeness (QED) is 0.557. The van der Waals surface area contributed by atoms with Crippen molar-refractivity contribution in [2.45, 2.75) is 44.8 Å². The van der Waals surface area contributed by atoms with E-state index in [1.165, 1.54) is 16.4 Å². The molecule has 6 nitrogen and oxygen atoms in total. The number of benzene rings is 2. The second-order valence-electron chi connectivity index (χ2n) is 7.81. The molecule has 0 bridgehead atoms. The minimum absolute atomic E-state index is 0.185. The number of rotatable bonds is 7. The monoisotopic (exact) mass is 440 g/mol. The summed E-state index contributed by atoms with van der Waals surface area (Å²) >= 11 is 0. The molecule has 32 heavy (non-hydrogen) atoms. The number of ether oxygens (including phenoxy) is 1. The van der Waals surface area contributed by atoms with Gasteiger partial charge in [0.25, 0.3) is 12.3 Å². The number of hydrogen-bond donors (Lipinski definition) is 2. The van der Waals surface area contributed by atoms with Crippen LogP contribution >= 0.6 is 0 Å². The summed E-state index contributed by atoms with van der Waals surface area (Å²) < 4.78 is 34.1. The first kappa shape index (κ1) is 21.8. The Labute approximate surface area is 185 Å². The van der Waals surface area contributed by atoms with Crippen molar-refractivity contribution in [3.8, 4) is 5.75 Å². The highest BCUT2D eigenvalue weighted by Crippen LogP contribution is 2.39. The van der Waals surface area contributed by atoms with E-state index in [9.17, 15) is 13.6 Å². The van der Waals surface area contributed by atoms with Crippen molar-refractivity contribution in [1.29, 1.82) is 0 Å². The van der Waals surface area contributed by atoms with Crippen molar-refractivity contribution in [3.05, 3.63) is 77.0 Å². The van der Waals surface area contributed by atoms with Gasteiger partial charge in [-0.2, -0.15) is 5.10 Å². The maximum Gasteiger partial charge on any atom is 0.260 e. The molecule has 1 aromatic heterocycles. The van der Waals surface area contributed by atoms with Gasteiger partial charge in [-0.25, -0.2) is 13.5 Å². The largest absolute Gasteiger partial charge is 0.497 e. The average Bonchev–Trinajstić information content (AvgIpc) is 3.26. The van der Waals surface area contributed by atoms with Crippen molar-refractivity contribution >= 4 is 11.7 Å². The average molecular weight is 440 g/mol. The highest BCUT2D eigenvalue weighted by Gasteiger charge is 2.36. The van der Waals surface area contributed by atoms with E-state index >= 15 is 0 Å². The Morgan fingerprint density at radius 2 is 1.88 bits per heavy atom. The van der Waals surface area contributed by atoms with Crippen molar-refractivity contribution in [3.63, 3.8) is 0 Å². The van der Waals surface area contributed by atoms with Crippen LogP contribution in [0.4, 0.5) is 14.6 Å². The Balaban J connectivity index is 1.54. The molecule has 168 valence electrons. The number of carbonyl (C=O) groups is 1. The Morgan fingerprint density at radius 1 is 1.19 bits per heavy atom. The van der Waals surface area contributed by atoms with Crippen molar-refractivity contribution < 1.29 is 18.3 Å². The molecule has 3 aromatic rings. The van der Waals surface area contributed by atoms with Crippen LogP contribution in [-0.4, -0.2) is 29.2 Å². The van der Waals surface area contributed by atoms with Gasteiger partial charge in [-0.05, 0) is 41.7 Å². The molecule has 2 heterocycles. The van der Waals surface area contributed by atoms with Crippen LogP contribution in [0.5, 0.6) is 5.75 Å².